The maximum Gasteiger partial charge on any atom is 0.227 e. The largest absolute Gasteiger partial charge is 0.361 e. The van der Waals surface area contributed by atoms with E-state index in [-0.39, 0.29) is 29.7 Å². The summed E-state index contributed by atoms with van der Waals surface area (Å²) in [6, 6.07) is -0.119. The van der Waals surface area contributed by atoms with Crippen molar-refractivity contribution in [3.05, 3.63) is 34.0 Å². The quantitative estimate of drug-likeness (QED) is 0.637. The van der Waals surface area contributed by atoms with E-state index in [0.29, 0.717) is 24.0 Å². The topological polar surface area (TPSA) is 110 Å². The Morgan fingerprint density at radius 1 is 0.875 bits per heavy atom. The summed E-state index contributed by atoms with van der Waals surface area (Å²) in [5.41, 5.74) is 3.13. The van der Waals surface area contributed by atoms with Crippen molar-refractivity contribution in [2.75, 3.05) is 6.54 Å². The Morgan fingerprint density at radius 2 is 1.38 bits per heavy atom. The van der Waals surface area contributed by atoms with Gasteiger partial charge in [0, 0.05) is 23.7 Å². The van der Waals surface area contributed by atoms with Crippen molar-refractivity contribution in [2.24, 2.45) is 5.92 Å². The van der Waals surface area contributed by atoms with E-state index in [1.165, 1.54) is 6.42 Å². The molecule has 0 bridgehead atoms. The number of carbonyl (C=O) groups excluding carboxylic acids is 2. The second-order valence-electron chi connectivity index (χ2n) is 9.18. The molecule has 1 saturated carbocycles. The number of amides is 2. The van der Waals surface area contributed by atoms with Crippen LogP contribution in [0.15, 0.2) is 9.05 Å². The average molecular weight is 445 g/mol. The van der Waals surface area contributed by atoms with E-state index in [4.69, 9.17) is 9.05 Å². The fraction of sp³-hybridized carbons (Fsp3) is 0.667. The maximum absolute atomic E-state index is 13.1. The van der Waals surface area contributed by atoms with E-state index < -0.39 is 0 Å². The summed E-state index contributed by atoms with van der Waals surface area (Å²) in [5, 5.41) is 14.2. The number of rotatable bonds is 8. The third-order valence-electron chi connectivity index (χ3n) is 6.87. The van der Waals surface area contributed by atoms with E-state index in [9.17, 15) is 9.59 Å². The SMILES string of the molecule is Cc1noc(C)c1C(C)C(=O)NCC(NC(=O)C(C)c1c(C)noc1C)C1CCCCC1. The Bertz CT molecular complexity index is 903. The van der Waals surface area contributed by atoms with Gasteiger partial charge in [-0.3, -0.25) is 9.59 Å². The zero-order chi connectivity index (χ0) is 23.4. The van der Waals surface area contributed by atoms with Gasteiger partial charge in [-0.15, -0.1) is 0 Å². The van der Waals surface area contributed by atoms with Crippen LogP contribution in [0.1, 0.15) is 91.8 Å². The van der Waals surface area contributed by atoms with Crippen LogP contribution in [0.4, 0.5) is 0 Å². The molecular weight excluding hydrogens is 408 g/mol. The first-order valence-corrected chi connectivity index (χ1v) is 11.6. The molecule has 176 valence electrons. The summed E-state index contributed by atoms with van der Waals surface area (Å²) in [6.45, 7) is 11.5. The lowest BCUT2D eigenvalue weighted by atomic mass is 9.83. The molecule has 32 heavy (non-hydrogen) atoms. The number of aryl methyl sites for hydroxylation is 4. The first-order chi connectivity index (χ1) is 15.2. The van der Waals surface area contributed by atoms with Crippen molar-refractivity contribution in [3.63, 3.8) is 0 Å². The lowest BCUT2D eigenvalue weighted by Crippen LogP contribution is -2.50. The van der Waals surface area contributed by atoms with Crippen LogP contribution < -0.4 is 10.6 Å². The van der Waals surface area contributed by atoms with Gasteiger partial charge in [0.15, 0.2) is 0 Å². The van der Waals surface area contributed by atoms with Gasteiger partial charge >= 0.3 is 0 Å². The second kappa shape index (κ2) is 10.3. The van der Waals surface area contributed by atoms with Crippen LogP contribution in [-0.2, 0) is 9.59 Å². The first kappa shape index (κ1) is 24.0. The monoisotopic (exact) mass is 444 g/mol. The van der Waals surface area contributed by atoms with Gasteiger partial charge in [-0.2, -0.15) is 0 Å². The Hall–Kier alpha value is -2.64. The molecule has 8 nitrogen and oxygen atoms in total. The van der Waals surface area contributed by atoms with Gasteiger partial charge in [-0.25, -0.2) is 0 Å². The lowest BCUT2D eigenvalue weighted by molar-refractivity contribution is -0.125. The van der Waals surface area contributed by atoms with E-state index in [0.717, 1.165) is 48.2 Å². The molecule has 0 radical (unpaired) electrons. The smallest absolute Gasteiger partial charge is 0.227 e. The van der Waals surface area contributed by atoms with Crippen molar-refractivity contribution in [1.29, 1.82) is 0 Å². The fourth-order valence-corrected chi connectivity index (χ4v) is 5.02. The molecule has 2 aromatic heterocycles. The third kappa shape index (κ3) is 5.22. The lowest BCUT2D eigenvalue weighted by Gasteiger charge is -2.32. The molecule has 0 spiro atoms. The number of carbonyl (C=O) groups is 2. The molecule has 2 amide bonds. The molecule has 1 aliphatic rings. The Kier molecular flexibility index (Phi) is 7.74. The summed E-state index contributed by atoms with van der Waals surface area (Å²) < 4.78 is 10.5. The molecule has 3 atom stereocenters. The van der Waals surface area contributed by atoms with E-state index in [2.05, 4.69) is 20.9 Å². The number of hydrogen-bond acceptors (Lipinski definition) is 6. The van der Waals surface area contributed by atoms with Crippen molar-refractivity contribution in [2.45, 2.75) is 91.5 Å². The van der Waals surface area contributed by atoms with Crippen LogP contribution in [0, 0.1) is 33.6 Å². The average Bonchev–Trinajstić information content (AvgIpc) is 3.30. The maximum atomic E-state index is 13.1. The summed E-state index contributed by atoms with van der Waals surface area (Å²) >= 11 is 0. The summed E-state index contributed by atoms with van der Waals surface area (Å²) in [4.78, 5) is 26.1. The molecular formula is C24H36N4O4. The van der Waals surface area contributed by atoms with E-state index in [1.54, 1.807) is 0 Å². The zero-order valence-electron chi connectivity index (χ0n) is 20.1. The van der Waals surface area contributed by atoms with Gasteiger partial charge < -0.3 is 19.7 Å². The number of aromatic nitrogens is 2. The molecule has 0 aliphatic heterocycles. The highest BCUT2D eigenvalue weighted by Crippen LogP contribution is 2.29. The van der Waals surface area contributed by atoms with Gasteiger partial charge in [0.05, 0.1) is 23.2 Å². The van der Waals surface area contributed by atoms with E-state index >= 15 is 0 Å². The standard InChI is InChI=1S/C24H36N4O4/c1-13(21-15(3)27-31-17(21)5)23(29)25-12-20(19-10-8-7-9-11-19)26-24(30)14(2)22-16(4)28-32-18(22)6/h13-14,19-20H,7-12H2,1-6H3,(H,25,29)(H,26,30). The summed E-state index contributed by atoms with van der Waals surface area (Å²) in [7, 11) is 0. The Morgan fingerprint density at radius 3 is 1.84 bits per heavy atom. The fourth-order valence-electron chi connectivity index (χ4n) is 5.02. The Balaban J connectivity index is 1.69. The second-order valence-corrected chi connectivity index (χ2v) is 9.18. The Labute approximate surface area is 189 Å². The van der Waals surface area contributed by atoms with Crippen molar-refractivity contribution < 1.29 is 18.6 Å². The van der Waals surface area contributed by atoms with Crippen LogP contribution in [0.3, 0.4) is 0 Å². The highest BCUT2D eigenvalue weighted by molar-refractivity contribution is 5.85. The normalized spacial score (nSPS) is 17.6. The molecule has 3 rings (SSSR count). The van der Waals surface area contributed by atoms with Crippen LogP contribution in [0.5, 0.6) is 0 Å². The zero-order valence-corrected chi connectivity index (χ0v) is 20.1. The molecule has 2 heterocycles. The highest BCUT2D eigenvalue weighted by Gasteiger charge is 2.30. The van der Waals surface area contributed by atoms with Crippen LogP contribution in [-0.4, -0.2) is 34.7 Å². The van der Waals surface area contributed by atoms with Crippen molar-refractivity contribution in [3.8, 4) is 0 Å². The number of nitrogens with zero attached hydrogens (tertiary/aromatic N) is 2. The molecule has 3 unspecified atom stereocenters. The van der Waals surface area contributed by atoms with Crippen LogP contribution >= 0.6 is 0 Å². The third-order valence-corrected chi connectivity index (χ3v) is 6.87. The molecule has 1 fully saturated rings. The van der Waals surface area contributed by atoms with Gasteiger partial charge in [0.2, 0.25) is 11.8 Å². The summed E-state index contributed by atoms with van der Waals surface area (Å²) in [6.07, 6.45) is 5.64. The summed E-state index contributed by atoms with van der Waals surface area (Å²) in [5.74, 6) is 0.779. The van der Waals surface area contributed by atoms with Gasteiger partial charge in [-0.05, 0) is 60.3 Å². The minimum atomic E-state index is -0.371. The first-order valence-electron chi connectivity index (χ1n) is 11.6. The molecule has 8 heteroatoms. The predicted molar refractivity (Wildman–Crippen MR) is 120 cm³/mol. The van der Waals surface area contributed by atoms with Crippen LogP contribution in [0.25, 0.3) is 0 Å². The molecule has 0 saturated heterocycles. The highest BCUT2D eigenvalue weighted by atomic mass is 16.5. The van der Waals surface area contributed by atoms with Crippen molar-refractivity contribution >= 4 is 11.8 Å². The van der Waals surface area contributed by atoms with Gasteiger partial charge in [-0.1, -0.05) is 29.6 Å². The molecule has 0 aromatic carbocycles. The number of hydrogen-bond donors (Lipinski definition) is 2. The molecule has 2 N–H and O–H groups in total. The predicted octanol–water partition coefficient (Wildman–Crippen LogP) is 3.98. The number of nitrogens with one attached hydrogen (secondary N) is 2. The molecule has 1 aliphatic carbocycles. The van der Waals surface area contributed by atoms with Gasteiger partial charge in [0.1, 0.15) is 11.5 Å². The minimum Gasteiger partial charge on any atom is -0.361 e. The van der Waals surface area contributed by atoms with Crippen LogP contribution in [0.2, 0.25) is 0 Å². The van der Waals surface area contributed by atoms with E-state index in [1.807, 2.05) is 41.5 Å². The van der Waals surface area contributed by atoms with Crippen molar-refractivity contribution in [1.82, 2.24) is 20.9 Å². The molecule has 2 aromatic rings. The van der Waals surface area contributed by atoms with Gasteiger partial charge in [0.25, 0.3) is 0 Å². The minimum absolute atomic E-state index is 0.0667.